The van der Waals surface area contributed by atoms with Crippen molar-refractivity contribution < 1.29 is 0 Å². The molecule has 3 heterocycles. The summed E-state index contributed by atoms with van der Waals surface area (Å²) in [6.45, 7) is 0. The zero-order chi connectivity index (χ0) is 12.4. The number of hydrogen-bond donors (Lipinski definition) is 1. The van der Waals surface area contributed by atoms with E-state index in [1.165, 1.54) is 11.5 Å². The molecule has 0 saturated carbocycles. The Kier molecular flexibility index (Phi) is 3.47. The van der Waals surface area contributed by atoms with Crippen LogP contribution in [-0.2, 0) is 0 Å². The predicted octanol–water partition coefficient (Wildman–Crippen LogP) is 3.07. The van der Waals surface area contributed by atoms with Crippen LogP contribution in [0, 0.1) is 4.77 Å². The maximum Gasteiger partial charge on any atom is 0.195 e. The van der Waals surface area contributed by atoms with Crippen molar-refractivity contribution in [1.82, 2.24) is 19.7 Å². The SMILES string of the molecule is S=c1[nH]nc(-c2ccncc2)n1C1CCSCC1. The number of aromatic nitrogens is 4. The number of thioether (sulfide) groups is 1. The van der Waals surface area contributed by atoms with Crippen LogP contribution in [0.5, 0.6) is 0 Å². The van der Waals surface area contributed by atoms with Crippen molar-refractivity contribution in [1.29, 1.82) is 0 Å². The first-order valence-electron chi connectivity index (χ1n) is 6.01. The van der Waals surface area contributed by atoms with E-state index in [4.69, 9.17) is 12.2 Å². The molecule has 0 aliphatic carbocycles. The molecule has 0 unspecified atom stereocenters. The summed E-state index contributed by atoms with van der Waals surface area (Å²) in [5, 5.41) is 7.29. The van der Waals surface area contributed by atoms with Gasteiger partial charge >= 0.3 is 0 Å². The maximum atomic E-state index is 5.38. The van der Waals surface area contributed by atoms with E-state index < -0.39 is 0 Å². The van der Waals surface area contributed by atoms with E-state index in [9.17, 15) is 0 Å². The van der Waals surface area contributed by atoms with Crippen LogP contribution in [0.3, 0.4) is 0 Å². The van der Waals surface area contributed by atoms with Gasteiger partial charge in [-0.3, -0.25) is 14.6 Å². The minimum Gasteiger partial charge on any atom is -0.297 e. The Hall–Kier alpha value is -1.14. The Bertz CT molecular complexity index is 569. The van der Waals surface area contributed by atoms with Crippen LogP contribution < -0.4 is 0 Å². The highest BCUT2D eigenvalue weighted by Crippen LogP contribution is 2.30. The molecule has 1 saturated heterocycles. The fourth-order valence-corrected chi connectivity index (χ4v) is 3.65. The minimum atomic E-state index is 0.473. The summed E-state index contributed by atoms with van der Waals surface area (Å²) in [6, 6.07) is 4.42. The van der Waals surface area contributed by atoms with Crippen molar-refractivity contribution in [3.8, 4) is 11.4 Å². The number of aromatic amines is 1. The third kappa shape index (κ3) is 2.22. The van der Waals surface area contributed by atoms with Crippen LogP contribution in [0.4, 0.5) is 0 Å². The van der Waals surface area contributed by atoms with Crippen molar-refractivity contribution >= 4 is 24.0 Å². The van der Waals surface area contributed by atoms with Gasteiger partial charge in [0, 0.05) is 24.0 Å². The number of rotatable bonds is 2. The van der Waals surface area contributed by atoms with Crippen LogP contribution in [0.15, 0.2) is 24.5 Å². The van der Waals surface area contributed by atoms with Crippen molar-refractivity contribution in [2.24, 2.45) is 0 Å². The first kappa shape index (κ1) is 11.9. The molecule has 0 atom stereocenters. The highest BCUT2D eigenvalue weighted by atomic mass is 32.2. The van der Waals surface area contributed by atoms with Gasteiger partial charge in [0.1, 0.15) is 0 Å². The molecule has 0 spiro atoms. The normalized spacial score (nSPS) is 16.9. The lowest BCUT2D eigenvalue weighted by Gasteiger charge is -2.23. The van der Waals surface area contributed by atoms with E-state index in [0.29, 0.717) is 6.04 Å². The fourth-order valence-electron chi connectivity index (χ4n) is 2.29. The average molecular weight is 278 g/mol. The number of H-pyrrole nitrogens is 1. The van der Waals surface area contributed by atoms with Gasteiger partial charge < -0.3 is 0 Å². The molecule has 0 bridgehead atoms. The third-order valence-electron chi connectivity index (χ3n) is 3.20. The van der Waals surface area contributed by atoms with Gasteiger partial charge in [-0.25, -0.2) is 0 Å². The average Bonchev–Trinajstić information content (AvgIpc) is 2.83. The van der Waals surface area contributed by atoms with E-state index >= 15 is 0 Å². The number of nitrogens with one attached hydrogen (secondary N) is 1. The molecular formula is C12H14N4S2. The molecule has 1 aliphatic rings. The molecule has 2 aromatic rings. The van der Waals surface area contributed by atoms with Gasteiger partial charge in [-0.15, -0.1) is 0 Å². The molecule has 1 fully saturated rings. The second-order valence-electron chi connectivity index (χ2n) is 4.30. The molecule has 0 radical (unpaired) electrons. The molecule has 6 heteroatoms. The molecule has 1 aliphatic heterocycles. The van der Waals surface area contributed by atoms with Crippen LogP contribution in [0.2, 0.25) is 0 Å². The van der Waals surface area contributed by atoms with Crippen molar-refractivity contribution in [2.75, 3.05) is 11.5 Å². The third-order valence-corrected chi connectivity index (χ3v) is 4.54. The minimum absolute atomic E-state index is 0.473. The molecule has 0 amide bonds. The predicted molar refractivity (Wildman–Crippen MR) is 76.2 cm³/mol. The van der Waals surface area contributed by atoms with E-state index in [2.05, 4.69) is 19.7 Å². The van der Waals surface area contributed by atoms with E-state index in [-0.39, 0.29) is 0 Å². The molecular weight excluding hydrogens is 264 g/mol. The molecule has 0 aromatic carbocycles. The van der Waals surface area contributed by atoms with Crippen LogP contribution in [-0.4, -0.2) is 31.3 Å². The first-order valence-corrected chi connectivity index (χ1v) is 7.57. The largest absolute Gasteiger partial charge is 0.297 e. The monoisotopic (exact) mass is 278 g/mol. The second-order valence-corrected chi connectivity index (χ2v) is 5.91. The quantitative estimate of drug-likeness (QED) is 0.858. The molecule has 1 N–H and O–H groups in total. The van der Waals surface area contributed by atoms with E-state index in [1.54, 1.807) is 12.4 Å². The number of pyridine rings is 1. The number of hydrogen-bond acceptors (Lipinski definition) is 4. The summed E-state index contributed by atoms with van der Waals surface area (Å²) >= 11 is 7.39. The number of nitrogens with zero attached hydrogens (tertiary/aromatic N) is 3. The molecule has 4 nitrogen and oxygen atoms in total. The molecule has 3 rings (SSSR count). The van der Waals surface area contributed by atoms with Gasteiger partial charge in [0.15, 0.2) is 10.6 Å². The Morgan fingerprint density at radius 2 is 2.00 bits per heavy atom. The highest BCUT2D eigenvalue weighted by Gasteiger charge is 2.20. The topological polar surface area (TPSA) is 46.5 Å². The summed E-state index contributed by atoms with van der Waals surface area (Å²) in [6.07, 6.45) is 5.90. The summed E-state index contributed by atoms with van der Waals surface area (Å²) in [4.78, 5) is 4.04. The van der Waals surface area contributed by atoms with Crippen LogP contribution >= 0.6 is 24.0 Å². The molecule has 2 aromatic heterocycles. The summed E-state index contributed by atoms with van der Waals surface area (Å²) in [5.41, 5.74) is 1.07. The lowest BCUT2D eigenvalue weighted by molar-refractivity contribution is 0.468. The second kappa shape index (κ2) is 5.24. The molecule has 18 heavy (non-hydrogen) atoms. The Labute approximate surface area is 115 Å². The van der Waals surface area contributed by atoms with Gasteiger partial charge in [-0.2, -0.15) is 16.9 Å². The Morgan fingerprint density at radius 1 is 1.28 bits per heavy atom. The van der Waals surface area contributed by atoms with Crippen molar-refractivity contribution in [3.05, 3.63) is 29.3 Å². The smallest absolute Gasteiger partial charge is 0.195 e. The van der Waals surface area contributed by atoms with Crippen molar-refractivity contribution in [2.45, 2.75) is 18.9 Å². The van der Waals surface area contributed by atoms with Gasteiger partial charge in [0.2, 0.25) is 0 Å². The van der Waals surface area contributed by atoms with Crippen LogP contribution in [0.25, 0.3) is 11.4 Å². The maximum absolute atomic E-state index is 5.38. The lowest BCUT2D eigenvalue weighted by Crippen LogP contribution is -2.16. The van der Waals surface area contributed by atoms with Gasteiger partial charge in [-0.1, -0.05) is 0 Å². The van der Waals surface area contributed by atoms with E-state index in [1.807, 2.05) is 23.9 Å². The Morgan fingerprint density at radius 3 is 2.72 bits per heavy atom. The Balaban J connectivity index is 2.03. The van der Waals surface area contributed by atoms with Crippen LogP contribution in [0.1, 0.15) is 18.9 Å². The first-order chi connectivity index (χ1) is 8.86. The lowest BCUT2D eigenvalue weighted by atomic mass is 10.1. The van der Waals surface area contributed by atoms with Gasteiger partial charge in [0.25, 0.3) is 0 Å². The zero-order valence-corrected chi connectivity index (χ0v) is 11.5. The summed E-state index contributed by atoms with van der Waals surface area (Å²) in [7, 11) is 0. The van der Waals surface area contributed by atoms with Gasteiger partial charge in [-0.05, 0) is 48.7 Å². The fraction of sp³-hybridized carbons (Fsp3) is 0.417. The summed E-state index contributed by atoms with van der Waals surface area (Å²) in [5.74, 6) is 3.33. The van der Waals surface area contributed by atoms with Crippen molar-refractivity contribution in [3.63, 3.8) is 0 Å². The standard InChI is InChI=1S/C12H14N4S2/c17-12-15-14-11(9-1-5-13-6-2-9)16(12)10-3-7-18-8-4-10/h1-2,5-6,10H,3-4,7-8H2,(H,15,17). The highest BCUT2D eigenvalue weighted by molar-refractivity contribution is 7.99. The zero-order valence-electron chi connectivity index (χ0n) is 9.87. The molecule has 94 valence electrons. The van der Waals surface area contributed by atoms with E-state index in [0.717, 1.165) is 29.0 Å². The summed E-state index contributed by atoms with van der Waals surface area (Å²) < 4.78 is 2.89. The van der Waals surface area contributed by atoms with Gasteiger partial charge in [0.05, 0.1) is 0 Å².